The lowest BCUT2D eigenvalue weighted by Gasteiger charge is -2.20. The summed E-state index contributed by atoms with van der Waals surface area (Å²) in [7, 11) is 1.59. The zero-order valence-electron chi connectivity index (χ0n) is 17.5. The molecule has 2 aromatic rings. The third-order valence-corrected chi connectivity index (χ3v) is 5.23. The number of methoxy groups -OCH3 is 1. The topological polar surface area (TPSA) is 96.5 Å². The summed E-state index contributed by atoms with van der Waals surface area (Å²) in [6.07, 6.45) is 8.20. The Morgan fingerprint density at radius 2 is 1.58 bits per heavy atom. The molecule has 3 N–H and O–H groups in total. The van der Waals surface area contributed by atoms with Crippen molar-refractivity contribution in [2.24, 2.45) is 5.92 Å². The molecule has 1 aliphatic carbocycles. The van der Waals surface area contributed by atoms with Gasteiger partial charge in [-0.3, -0.25) is 25.2 Å². The first-order valence-corrected chi connectivity index (χ1v) is 10.4. The normalized spacial score (nSPS) is 14.1. The SMILES string of the molecule is COc1ccc(C=CC(=O)NNC(=O)c2ccc(NC(=O)C3CCCCC3)cc2)cc1. The first kappa shape index (κ1) is 22.1. The van der Waals surface area contributed by atoms with E-state index in [4.69, 9.17) is 4.74 Å². The molecule has 0 bridgehead atoms. The van der Waals surface area contributed by atoms with E-state index < -0.39 is 11.8 Å². The van der Waals surface area contributed by atoms with Gasteiger partial charge in [0, 0.05) is 23.2 Å². The van der Waals surface area contributed by atoms with Crippen LogP contribution in [0.15, 0.2) is 54.6 Å². The van der Waals surface area contributed by atoms with Crippen LogP contribution < -0.4 is 20.9 Å². The van der Waals surface area contributed by atoms with Gasteiger partial charge in [-0.15, -0.1) is 0 Å². The van der Waals surface area contributed by atoms with Crippen LogP contribution >= 0.6 is 0 Å². The van der Waals surface area contributed by atoms with E-state index in [1.165, 1.54) is 12.5 Å². The van der Waals surface area contributed by atoms with Crippen molar-refractivity contribution >= 4 is 29.5 Å². The van der Waals surface area contributed by atoms with Crippen LogP contribution in [0.1, 0.15) is 48.0 Å². The molecule has 3 rings (SSSR count). The molecule has 2 aromatic carbocycles. The molecule has 7 heteroatoms. The van der Waals surface area contributed by atoms with E-state index in [0.29, 0.717) is 11.3 Å². The first-order chi connectivity index (χ1) is 15.0. The van der Waals surface area contributed by atoms with Gasteiger partial charge in [-0.2, -0.15) is 0 Å². The number of hydrogen-bond acceptors (Lipinski definition) is 4. The van der Waals surface area contributed by atoms with Gasteiger partial charge in [-0.25, -0.2) is 0 Å². The maximum absolute atomic E-state index is 12.3. The molecule has 7 nitrogen and oxygen atoms in total. The summed E-state index contributed by atoms with van der Waals surface area (Å²) in [5.74, 6) is -0.0731. The molecule has 1 fully saturated rings. The monoisotopic (exact) mass is 421 g/mol. The van der Waals surface area contributed by atoms with E-state index in [1.54, 1.807) is 49.6 Å². The van der Waals surface area contributed by atoms with Crippen molar-refractivity contribution in [2.45, 2.75) is 32.1 Å². The molecule has 31 heavy (non-hydrogen) atoms. The molecule has 1 aliphatic rings. The average molecular weight is 421 g/mol. The number of hydrazine groups is 1. The Labute approximate surface area is 181 Å². The molecule has 3 amide bonds. The van der Waals surface area contributed by atoms with Crippen molar-refractivity contribution in [3.63, 3.8) is 0 Å². The van der Waals surface area contributed by atoms with Gasteiger partial charge in [0.05, 0.1) is 7.11 Å². The van der Waals surface area contributed by atoms with Crippen LogP contribution in [0, 0.1) is 5.92 Å². The number of rotatable bonds is 6. The zero-order valence-corrected chi connectivity index (χ0v) is 17.5. The molecule has 0 unspecified atom stereocenters. The van der Waals surface area contributed by atoms with Crippen LogP contribution in [-0.4, -0.2) is 24.8 Å². The fraction of sp³-hybridized carbons (Fsp3) is 0.292. The van der Waals surface area contributed by atoms with Crippen molar-refractivity contribution in [3.8, 4) is 5.75 Å². The highest BCUT2D eigenvalue weighted by Crippen LogP contribution is 2.25. The second kappa shape index (κ2) is 11.0. The fourth-order valence-electron chi connectivity index (χ4n) is 3.43. The van der Waals surface area contributed by atoms with Gasteiger partial charge < -0.3 is 10.1 Å². The van der Waals surface area contributed by atoms with E-state index in [-0.39, 0.29) is 11.8 Å². The van der Waals surface area contributed by atoms with Crippen molar-refractivity contribution < 1.29 is 19.1 Å². The van der Waals surface area contributed by atoms with Crippen molar-refractivity contribution in [1.29, 1.82) is 0 Å². The number of nitrogens with one attached hydrogen (secondary N) is 3. The Bertz CT molecular complexity index is 930. The van der Waals surface area contributed by atoms with Gasteiger partial charge in [0.1, 0.15) is 5.75 Å². The smallest absolute Gasteiger partial charge is 0.269 e. The number of anilines is 1. The number of ether oxygens (including phenoxy) is 1. The second-order valence-electron chi connectivity index (χ2n) is 7.45. The van der Waals surface area contributed by atoms with E-state index in [1.807, 2.05) is 12.1 Å². The molecule has 0 heterocycles. The fourth-order valence-corrected chi connectivity index (χ4v) is 3.43. The van der Waals surface area contributed by atoms with Gasteiger partial charge in [-0.05, 0) is 60.9 Å². The van der Waals surface area contributed by atoms with E-state index >= 15 is 0 Å². The number of amides is 3. The highest BCUT2D eigenvalue weighted by molar-refractivity contribution is 5.98. The van der Waals surface area contributed by atoms with E-state index in [9.17, 15) is 14.4 Å². The molecule has 0 atom stereocenters. The average Bonchev–Trinajstić information content (AvgIpc) is 2.82. The predicted octanol–water partition coefficient (Wildman–Crippen LogP) is 3.69. The third kappa shape index (κ3) is 6.70. The summed E-state index contributed by atoms with van der Waals surface area (Å²) in [5, 5.41) is 2.91. The highest BCUT2D eigenvalue weighted by Gasteiger charge is 2.21. The summed E-state index contributed by atoms with van der Waals surface area (Å²) in [6.45, 7) is 0. The number of benzene rings is 2. The standard InChI is InChI=1S/C24H27N3O4/c1-31-21-14-7-17(8-15-21)9-16-22(28)26-27-24(30)19-10-12-20(13-11-19)25-23(29)18-5-3-2-4-6-18/h7-16,18H,2-6H2,1H3,(H,25,29)(H,26,28)(H,27,30). The highest BCUT2D eigenvalue weighted by atomic mass is 16.5. The van der Waals surface area contributed by atoms with Crippen LogP contribution in [0.4, 0.5) is 5.69 Å². The Morgan fingerprint density at radius 3 is 2.23 bits per heavy atom. The summed E-state index contributed by atoms with van der Waals surface area (Å²) in [4.78, 5) is 36.4. The van der Waals surface area contributed by atoms with Gasteiger partial charge in [-0.1, -0.05) is 31.4 Å². The van der Waals surface area contributed by atoms with Gasteiger partial charge in [0.2, 0.25) is 5.91 Å². The zero-order chi connectivity index (χ0) is 22.1. The van der Waals surface area contributed by atoms with Crippen molar-refractivity contribution in [3.05, 3.63) is 65.7 Å². The van der Waals surface area contributed by atoms with Crippen molar-refractivity contribution in [1.82, 2.24) is 10.9 Å². The summed E-state index contributed by atoms with van der Waals surface area (Å²) in [6, 6.07) is 13.8. The first-order valence-electron chi connectivity index (χ1n) is 10.4. The lowest BCUT2D eigenvalue weighted by molar-refractivity contribution is -0.120. The lowest BCUT2D eigenvalue weighted by Crippen LogP contribution is -2.40. The van der Waals surface area contributed by atoms with Crippen molar-refractivity contribution in [2.75, 3.05) is 12.4 Å². The molecule has 0 saturated heterocycles. The van der Waals surface area contributed by atoms with E-state index in [0.717, 1.165) is 37.0 Å². The molecule has 0 aromatic heterocycles. The largest absolute Gasteiger partial charge is 0.497 e. The van der Waals surface area contributed by atoms with Crippen LogP contribution in [-0.2, 0) is 9.59 Å². The maximum Gasteiger partial charge on any atom is 0.269 e. The van der Waals surface area contributed by atoms with E-state index in [2.05, 4.69) is 16.2 Å². The minimum atomic E-state index is -0.458. The molecule has 162 valence electrons. The predicted molar refractivity (Wildman–Crippen MR) is 119 cm³/mol. The number of carbonyl (C=O) groups is 3. The summed E-state index contributed by atoms with van der Waals surface area (Å²) in [5.41, 5.74) is 6.56. The number of hydrogen-bond donors (Lipinski definition) is 3. The number of carbonyl (C=O) groups excluding carboxylic acids is 3. The quantitative estimate of drug-likeness (QED) is 0.490. The summed E-state index contributed by atoms with van der Waals surface area (Å²) < 4.78 is 5.08. The summed E-state index contributed by atoms with van der Waals surface area (Å²) >= 11 is 0. The molecule has 0 radical (unpaired) electrons. The Kier molecular flexibility index (Phi) is 7.81. The second-order valence-corrected chi connectivity index (χ2v) is 7.45. The Balaban J connectivity index is 1.45. The molecule has 0 spiro atoms. The third-order valence-electron chi connectivity index (χ3n) is 5.23. The van der Waals surface area contributed by atoms with Crippen LogP contribution in [0.3, 0.4) is 0 Å². The van der Waals surface area contributed by atoms with Crippen LogP contribution in [0.25, 0.3) is 6.08 Å². The van der Waals surface area contributed by atoms with Gasteiger partial charge in [0.25, 0.3) is 11.8 Å². The Morgan fingerprint density at radius 1 is 0.903 bits per heavy atom. The maximum atomic E-state index is 12.3. The van der Waals surface area contributed by atoms with Gasteiger partial charge in [0.15, 0.2) is 0 Å². The lowest BCUT2D eigenvalue weighted by atomic mass is 9.88. The van der Waals surface area contributed by atoms with Gasteiger partial charge >= 0.3 is 0 Å². The molecular formula is C24H27N3O4. The minimum Gasteiger partial charge on any atom is -0.497 e. The van der Waals surface area contributed by atoms with Crippen LogP contribution in [0.2, 0.25) is 0 Å². The molecular weight excluding hydrogens is 394 g/mol. The van der Waals surface area contributed by atoms with Crippen LogP contribution in [0.5, 0.6) is 5.75 Å². The molecule has 1 saturated carbocycles. The molecule has 0 aliphatic heterocycles. The minimum absolute atomic E-state index is 0.0350. The Hall–Kier alpha value is -3.61.